The largest absolute Gasteiger partial charge is 0.480 e. The number of para-hydroxylation sites is 1. The molecule has 1 fully saturated rings. The number of ether oxygens (including phenoxy) is 1. The zero-order valence-electron chi connectivity index (χ0n) is 16.1. The van der Waals surface area contributed by atoms with E-state index in [4.69, 9.17) is 4.74 Å². The van der Waals surface area contributed by atoms with Crippen molar-refractivity contribution in [1.82, 2.24) is 15.1 Å². The highest BCUT2D eigenvalue weighted by molar-refractivity contribution is 6.40. The van der Waals surface area contributed by atoms with Crippen molar-refractivity contribution in [2.45, 2.75) is 37.5 Å². The van der Waals surface area contributed by atoms with Gasteiger partial charge in [-0.05, 0) is 25.0 Å². The molecule has 0 aliphatic carbocycles. The fraction of sp³-hybridized carbons (Fsp3) is 0.400. The van der Waals surface area contributed by atoms with Crippen molar-refractivity contribution >= 4 is 23.3 Å². The van der Waals surface area contributed by atoms with Crippen molar-refractivity contribution < 1.29 is 19.4 Å². The zero-order chi connectivity index (χ0) is 20.4. The molecule has 9 nitrogen and oxygen atoms in total. The van der Waals surface area contributed by atoms with Gasteiger partial charge in [-0.15, -0.1) is 0 Å². The first-order valence-corrected chi connectivity index (χ1v) is 9.58. The molecule has 4 rings (SSSR count). The van der Waals surface area contributed by atoms with Crippen LogP contribution in [0.5, 0.6) is 0 Å². The molecule has 2 aliphatic heterocycles. The van der Waals surface area contributed by atoms with Gasteiger partial charge in [-0.1, -0.05) is 18.2 Å². The summed E-state index contributed by atoms with van der Waals surface area (Å²) in [5, 5.41) is 22.5. The molecule has 152 valence electrons. The number of nitrogens with zero attached hydrogens (tertiary/aromatic N) is 4. The van der Waals surface area contributed by atoms with Crippen LogP contribution in [0.4, 0.5) is 5.69 Å². The van der Waals surface area contributed by atoms with Gasteiger partial charge in [0.1, 0.15) is 11.8 Å². The smallest absolute Gasteiger partial charge is 0.328 e. The number of carbonyl (C=O) groups is 2. The van der Waals surface area contributed by atoms with Crippen LogP contribution in [-0.2, 0) is 21.4 Å². The molecule has 0 saturated carbocycles. The minimum absolute atomic E-state index is 0.0429. The van der Waals surface area contributed by atoms with Gasteiger partial charge in [-0.3, -0.25) is 14.5 Å². The molecule has 0 radical (unpaired) electrons. The van der Waals surface area contributed by atoms with Gasteiger partial charge < -0.3 is 15.2 Å². The summed E-state index contributed by atoms with van der Waals surface area (Å²) in [7, 11) is 1.83. The molecule has 2 aliphatic rings. The number of carboxylic acids is 1. The number of anilines is 1. The molecule has 1 unspecified atom stereocenters. The minimum atomic E-state index is -1.02. The maximum Gasteiger partial charge on any atom is 0.328 e. The summed E-state index contributed by atoms with van der Waals surface area (Å²) in [6.07, 6.45) is 4.97. The summed E-state index contributed by atoms with van der Waals surface area (Å²) in [6, 6.07) is 7.86. The van der Waals surface area contributed by atoms with Crippen molar-refractivity contribution in [2.24, 2.45) is 12.1 Å². The molecule has 2 aromatic rings. The van der Waals surface area contributed by atoms with E-state index in [1.165, 1.54) is 5.01 Å². The normalized spacial score (nSPS) is 24.2. The number of hydrogen-bond donors (Lipinski definition) is 2. The van der Waals surface area contributed by atoms with E-state index in [1.807, 2.05) is 19.3 Å². The van der Waals surface area contributed by atoms with Gasteiger partial charge >= 0.3 is 5.97 Å². The second kappa shape index (κ2) is 8.04. The summed E-state index contributed by atoms with van der Waals surface area (Å²) in [4.78, 5) is 24.6. The number of benzene rings is 1. The lowest BCUT2D eigenvalue weighted by Gasteiger charge is -2.31. The van der Waals surface area contributed by atoms with Gasteiger partial charge in [0.15, 0.2) is 6.04 Å². The number of amides is 1. The van der Waals surface area contributed by atoms with Gasteiger partial charge in [-0.25, -0.2) is 4.79 Å². The van der Waals surface area contributed by atoms with E-state index in [-0.39, 0.29) is 30.2 Å². The van der Waals surface area contributed by atoms with E-state index >= 15 is 0 Å². The van der Waals surface area contributed by atoms with Gasteiger partial charge in [0.05, 0.1) is 17.9 Å². The predicted octanol–water partition coefficient (Wildman–Crippen LogP) is 1.48. The Labute approximate surface area is 168 Å². The third kappa shape index (κ3) is 4.00. The Kier molecular flexibility index (Phi) is 5.30. The van der Waals surface area contributed by atoms with Crippen LogP contribution in [0.3, 0.4) is 0 Å². The summed E-state index contributed by atoms with van der Waals surface area (Å²) in [5.41, 5.74) is 1.74. The molecule has 0 spiro atoms. The summed E-state index contributed by atoms with van der Waals surface area (Å²) in [6.45, 7) is 0.621. The van der Waals surface area contributed by atoms with Gasteiger partial charge in [0, 0.05) is 31.8 Å². The Morgan fingerprint density at radius 1 is 1.28 bits per heavy atom. The number of aryl methyl sites for hydroxylation is 1. The molecule has 1 aromatic carbocycles. The molecule has 29 heavy (non-hydrogen) atoms. The topological polar surface area (TPSA) is 109 Å². The van der Waals surface area contributed by atoms with Crippen LogP contribution in [0.2, 0.25) is 0 Å². The summed E-state index contributed by atoms with van der Waals surface area (Å²) < 4.78 is 7.59. The second-order valence-corrected chi connectivity index (χ2v) is 7.25. The number of rotatable bonds is 5. The monoisotopic (exact) mass is 397 g/mol. The van der Waals surface area contributed by atoms with Crippen molar-refractivity contribution in [3.8, 4) is 0 Å². The van der Waals surface area contributed by atoms with Crippen molar-refractivity contribution in [3.05, 3.63) is 48.3 Å². The number of hydrogen-bond acceptors (Lipinski definition) is 6. The van der Waals surface area contributed by atoms with E-state index in [9.17, 15) is 14.7 Å². The fourth-order valence-electron chi connectivity index (χ4n) is 3.75. The van der Waals surface area contributed by atoms with Gasteiger partial charge in [0.2, 0.25) is 0 Å². The fourth-order valence-corrected chi connectivity index (χ4v) is 3.75. The molecule has 3 atom stereocenters. The highest BCUT2D eigenvalue weighted by Gasteiger charge is 2.38. The SMILES string of the molecule is Cn1cc([C@H]2OCCC[C@@H]2NC(=O)C2=NN(c3ccccc3)C(C(=O)O)C2)cn1. The maximum absolute atomic E-state index is 12.9. The number of carboxylic acid groups (broad SMARTS) is 1. The molecule has 9 heteroatoms. The first kappa shape index (κ1) is 19.1. The lowest BCUT2D eigenvalue weighted by Crippen LogP contribution is -2.45. The third-order valence-corrected chi connectivity index (χ3v) is 5.17. The summed E-state index contributed by atoms with van der Waals surface area (Å²) in [5.74, 6) is -1.38. The maximum atomic E-state index is 12.9. The number of nitrogens with one attached hydrogen (secondary N) is 1. The Morgan fingerprint density at radius 2 is 2.07 bits per heavy atom. The molecular formula is C20H23N5O4. The van der Waals surface area contributed by atoms with E-state index in [2.05, 4.69) is 15.5 Å². The van der Waals surface area contributed by atoms with Crippen LogP contribution in [0.15, 0.2) is 47.8 Å². The van der Waals surface area contributed by atoms with Crippen LogP contribution in [0.25, 0.3) is 0 Å². The first-order chi connectivity index (χ1) is 14.0. The molecule has 1 amide bonds. The molecule has 3 heterocycles. The van der Waals surface area contributed by atoms with Gasteiger partial charge in [-0.2, -0.15) is 10.2 Å². The van der Waals surface area contributed by atoms with Crippen LogP contribution < -0.4 is 10.3 Å². The molecule has 0 bridgehead atoms. The average molecular weight is 397 g/mol. The average Bonchev–Trinajstić information content (AvgIpc) is 3.36. The van der Waals surface area contributed by atoms with E-state index in [1.54, 1.807) is 35.1 Å². The third-order valence-electron chi connectivity index (χ3n) is 5.17. The molecule has 1 aromatic heterocycles. The lowest BCUT2D eigenvalue weighted by molar-refractivity contribution is -0.138. The van der Waals surface area contributed by atoms with Crippen LogP contribution >= 0.6 is 0 Å². The van der Waals surface area contributed by atoms with Gasteiger partial charge in [0.25, 0.3) is 5.91 Å². The number of carbonyl (C=O) groups excluding carboxylic acids is 1. The molecule has 2 N–H and O–H groups in total. The van der Waals surface area contributed by atoms with Crippen molar-refractivity contribution in [2.75, 3.05) is 11.6 Å². The first-order valence-electron chi connectivity index (χ1n) is 9.58. The van der Waals surface area contributed by atoms with E-state index < -0.39 is 12.0 Å². The zero-order valence-corrected chi connectivity index (χ0v) is 16.1. The highest BCUT2D eigenvalue weighted by atomic mass is 16.5. The van der Waals surface area contributed by atoms with Crippen LogP contribution in [-0.4, -0.2) is 51.2 Å². The highest BCUT2D eigenvalue weighted by Crippen LogP contribution is 2.29. The van der Waals surface area contributed by atoms with Crippen LogP contribution in [0.1, 0.15) is 30.9 Å². The van der Waals surface area contributed by atoms with Crippen LogP contribution in [0, 0.1) is 0 Å². The Hall–Kier alpha value is -3.20. The summed E-state index contributed by atoms with van der Waals surface area (Å²) >= 11 is 0. The Morgan fingerprint density at radius 3 is 2.76 bits per heavy atom. The minimum Gasteiger partial charge on any atom is -0.480 e. The standard InChI is InChI=1S/C20H23N5O4/c1-24-12-13(11-21-24)18-15(8-5-9-29-18)22-19(26)16-10-17(20(27)28)25(23-16)14-6-3-2-4-7-14/h2-4,6-7,11-12,15,17-18H,5,8-10H2,1H3,(H,22,26)(H,27,28)/t15-,17?,18+/m0/s1. The predicted molar refractivity (Wildman–Crippen MR) is 105 cm³/mol. The van der Waals surface area contributed by atoms with E-state index in [0.717, 1.165) is 18.4 Å². The van der Waals surface area contributed by atoms with Crippen molar-refractivity contribution in [1.29, 1.82) is 0 Å². The second-order valence-electron chi connectivity index (χ2n) is 7.25. The Bertz CT molecular complexity index is 926. The lowest BCUT2D eigenvalue weighted by atomic mass is 9.97. The quantitative estimate of drug-likeness (QED) is 0.791. The Balaban J connectivity index is 1.52. The number of aromatic nitrogens is 2. The molecule has 1 saturated heterocycles. The van der Waals surface area contributed by atoms with E-state index in [0.29, 0.717) is 12.3 Å². The number of hydrazone groups is 1. The molecular weight excluding hydrogens is 374 g/mol. The van der Waals surface area contributed by atoms with Crippen molar-refractivity contribution in [3.63, 3.8) is 0 Å². The number of aliphatic carboxylic acids is 1.